The maximum absolute atomic E-state index is 13.1. The van der Waals surface area contributed by atoms with Gasteiger partial charge < -0.3 is 19.4 Å². The van der Waals surface area contributed by atoms with Crippen LogP contribution in [0.1, 0.15) is 60.3 Å². The fraction of sp³-hybridized carbons (Fsp3) is 0.455. The minimum absolute atomic E-state index is 0.0554. The van der Waals surface area contributed by atoms with Gasteiger partial charge in [-0.2, -0.15) is 0 Å². The Labute approximate surface area is 164 Å². The molecule has 2 aliphatic rings. The molecule has 2 atom stereocenters. The average molecular weight is 382 g/mol. The Balaban J connectivity index is 1.75. The number of rotatable bonds is 5. The molecule has 6 heteroatoms. The molecule has 1 aliphatic heterocycles. The molecule has 1 fully saturated rings. The monoisotopic (exact) mass is 382 g/mol. The van der Waals surface area contributed by atoms with Crippen molar-refractivity contribution in [1.29, 1.82) is 0 Å². The molecule has 0 unspecified atom stereocenters. The van der Waals surface area contributed by atoms with Gasteiger partial charge in [0.1, 0.15) is 12.2 Å². The van der Waals surface area contributed by atoms with Crippen LogP contribution in [0.15, 0.2) is 41.3 Å². The van der Waals surface area contributed by atoms with Gasteiger partial charge in [0.05, 0.1) is 12.3 Å². The number of aromatic nitrogens is 1. The molecule has 2 heterocycles. The van der Waals surface area contributed by atoms with Crippen LogP contribution in [-0.2, 0) is 17.9 Å². The largest absolute Gasteiger partial charge is 0.483 e. The van der Waals surface area contributed by atoms with Gasteiger partial charge in [-0.15, -0.1) is 0 Å². The van der Waals surface area contributed by atoms with Crippen molar-refractivity contribution in [2.24, 2.45) is 0 Å². The highest BCUT2D eigenvalue weighted by molar-refractivity contribution is 5.89. The highest BCUT2D eigenvalue weighted by Gasteiger charge is 2.34. The number of hydrogen-bond acceptors (Lipinski definition) is 5. The van der Waals surface area contributed by atoms with Crippen molar-refractivity contribution >= 4 is 5.97 Å². The summed E-state index contributed by atoms with van der Waals surface area (Å²) in [6.45, 7) is 2.81. The van der Waals surface area contributed by atoms with Crippen LogP contribution in [-0.4, -0.2) is 23.2 Å². The van der Waals surface area contributed by atoms with E-state index >= 15 is 0 Å². The molecule has 28 heavy (non-hydrogen) atoms. The van der Waals surface area contributed by atoms with Gasteiger partial charge in [0.2, 0.25) is 5.43 Å². The summed E-state index contributed by atoms with van der Waals surface area (Å²) in [5.41, 5.74) is 1.45. The summed E-state index contributed by atoms with van der Waals surface area (Å²) in [5.74, 6) is -0.329. The minimum atomic E-state index is -0.585. The molecule has 1 aliphatic carbocycles. The Morgan fingerprint density at radius 2 is 2.00 bits per heavy atom. The molecule has 1 aromatic heterocycles. The van der Waals surface area contributed by atoms with Crippen molar-refractivity contribution in [3.8, 4) is 5.75 Å². The molecular weight excluding hydrogens is 356 g/mol. The third-order valence-corrected chi connectivity index (χ3v) is 5.63. The number of nitrogens with zero attached hydrogens (tertiary/aromatic N) is 1. The third kappa shape index (κ3) is 3.56. The van der Waals surface area contributed by atoms with Crippen LogP contribution in [0.5, 0.6) is 5.75 Å². The second-order valence-corrected chi connectivity index (χ2v) is 7.39. The van der Waals surface area contributed by atoms with E-state index in [1.54, 1.807) is 13.1 Å². The van der Waals surface area contributed by atoms with Crippen molar-refractivity contribution in [1.82, 2.24) is 9.88 Å². The highest BCUT2D eigenvalue weighted by atomic mass is 16.5. The fourth-order valence-corrected chi connectivity index (χ4v) is 4.26. The summed E-state index contributed by atoms with van der Waals surface area (Å²) in [5, 5.41) is 3.56. The summed E-state index contributed by atoms with van der Waals surface area (Å²) >= 11 is 0. The van der Waals surface area contributed by atoms with E-state index < -0.39 is 11.4 Å². The molecular formula is C22H26N2O4. The van der Waals surface area contributed by atoms with E-state index in [1.807, 2.05) is 30.3 Å². The standard InChI is InChI=1S/C22H26N2O4/c1-2-27-22(26)16-13-24-18-11-7-6-10-17(18)23-12-19(24)21(20(16)25)28-14-15-8-4-3-5-9-15/h3-5,8-9,13,17-18,23H,2,6-7,10-12,14H2,1H3/t17-,18+/m1/s1. The fourth-order valence-electron chi connectivity index (χ4n) is 4.26. The summed E-state index contributed by atoms with van der Waals surface area (Å²) in [6, 6.07) is 10.3. The van der Waals surface area contributed by atoms with E-state index in [-0.39, 0.29) is 30.6 Å². The number of carbonyl (C=O) groups excluding carboxylic acids is 1. The molecule has 0 saturated heterocycles. The normalized spacial score (nSPS) is 20.8. The predicted molar refractivity (Wildman–Crippen MR) is 106 cm³/mol. The molecule has 0 amide bonds. The molecule has 1 saturated carbocycles. The zero-order chi connectivity index (χ0) is 19.5. The van der Waals surface area contributed by atoms with Crippen LogP contribution in [0, 0.1) is 0 Å². The van der Waals surface area contributed by atoms with Gasteiger partial charge >= 0.3 is 5.97 Å². The molecule has 0 radical (unpaired) electrons. The Bertz CT molecular complexity index is 907. The van der Waals surface area contributed by atoms with Gasteiger partial charge in [-0.25, -0.2) is 4.79 Å². The number of ether oxygens (including phenoxy) is 2. The van der Waals surface area contributed by atoms with Crippen molar-refractivity contribution in [3.05, 3.63) is 63.6 Å². The Kier molecular flexibility index (Phi) is 5.48. The first-order chi connectivity index (χ1) is 13.7. The van der Waals surface area contributed by atoms with E-state index in [0.29, 0.717) is 12.6 Å². The number of pyridine rings is 1. The molecule has 2 aromatic rings. The Morgan fingerprint density at radius 3 is 2.79 bits per heavy atom. The van der Waals surface area contributed by atoms with E-state index in [1.165, 1.54) is 6.42 Å². The van der Waals surface area contributed by atoms with E-state index in [4.69, 9.17) is 9.47 Å². The predicted octanol–water partition coefficient (Wildman–Crippen LogP) is 3.19. The molecule has 4 rings (SSSR count). The van der Waals surface area contributed by atoms with Crippen molar-refractivity contribution in [3.63, 3.8) is 0 Å². The first-order valence-corrected chi connectivity index (χ1v) is 10.0. The van der Waals surface area contributed by atoms with Crippen LogP contribution in [0.4, 0.5) is 0 Å². The maximum Gasteiger partial charge on any atom is 0.343 e. The number of fused-ring (bicyclic) bond motifs is 3. The minimum Gasteiger partial charge on any atom is -0.483 e. The highest BCUT2D eigenvalue weighted by Crippen LogP contribution is 2.35. The van der Waals surface area contributed by atoms with Crippen molar-refractivity contribution in [2.75, 3.05) is 6.61 Å². The first-order valence-electron chi connectivity index (χ1n) is 10.0. The summed E-state index contributed by atoms with van der Waals surface area (Å²) in [7, 11) is 0. The zero-order valence-electron chi connectivity index (χ0n) is 16.1. The molecule has 0 bridgehead atoms. The van der Waals surface area contributed by atoms with Crippen molar-refractivity contribution in [2.45, 2.75) is 57.8 Å². The summed E-state index contributed by atoms with van der Waals surface area (Å²) in [4.78, 5) is 25.5. The van der Waals surface area contributed by atoms with Crippen LogP contribution < -0.4 is 15.5 Å². The third-order valence-electron chi connectivity index (χ3n) is 5.63. The lowest BCUT2D eigenvalue weighted by atomic mass is 9.88. The van der Waals surface area contributed by atoms with Gasteiger partial charge in [0, 0.05) is 24.8 Å². The summed E-state index contributed by atoms with van der Waals surface area (Å²) < 4.78 is 13.2. The van der Waals surface area contributed by atoms with Crippen LogP contribution in [0.3, 0.4) is 0 Å². The number of benzene rings is 1. The molecule has 1 N–H and O–H groups in total. The van der Waals surface area contributed by atoms with E-state index in [2.05, 4.69) is 9.88 Å². The second kappa shape index (κ2) is 8.19. The van der Waals surface area contributed by atoms with Gasteiger partial charge in [0.15, 0.2) is 5.75 Å². The van der Waals surface area contributed by atoms with Crippen LogP contribution in [0.2, 0.25) is 0 Å². The Hall–Kier alpha value is -2.60. The lowest BCUT2D eigenvalue weighted by Gasteiger charge is -2.40. The van der Waals surface area contributed by atoms with Gasteiger partial charge in [-0.3, -0.25) is 4.79 Å². The molecule has 6 nitrogen and oxygen atoms in total. The second-order valence-electron chi connectivity index (χ2n) is 7.39. The molecule has 148 valence electrons. The number of carbonyl (C=O) groups is 1. The number of hydrogen-bond donors (Lipinski definition) is 1. The van der Waals surface area contributed by atoms with E-state index in [9.17, 15) is 9.59 Å². The molecule has 1 aromatic carbocycles. The lowest BCUT2D eigenvalue weighted by Crippen LogP contribution is -2.46. The first kappa shape index (κ1) is 18.7. The number of esters is 1. The lowest BCUT2D eigenvalue weighted by molar-refractivity contribution is 0.0521. The average Bonchev–Trinajstić information content (AvgIpc) is 2.73. The van der Waals surface area contributed by atoms with Gasteiger partial charge in [-0.1, -0.05) is 43.2 Å². The van der Waals surface area contributed by atoms with Crippen LogP contribution in [0.25, 0.3) is 0 Å². The zero-order valence-corrected chi connectivity index (χ0v) is 16.1. The van der Waals surface area contributed by atoms with Crippen LogP contribution >= 0.6 is 0 Å². The van der Waals surface area contributed by atoms with E-state index in [0.717, 1.165) is 30.5 Å². The summed E-state index contributed by atoms with van der Waals surface area (Å²) in [6.07, 6.45) is 6.16. The quantitative estimate of drug-likeness (QED) is 0.805. The Morgan fingerprint density at radius 1 is 1.21 bits per heavy atom. The number of nitrogens with one attached hydrogen (secondary N) is 1. The van der Waals surface area contributed by atoms with Crippen molar-refractivity contribution < 1.29 is 14.3 Å². The smallest absolute Gasteiger partial charge is 0.343 e. The van der Waals surface area contributed by atoms with Gasteiger partial charge in [0.25, 0.3) is 0 Å². The topological polar surface area (TPSA) is 69.6 Å². The molecule has 0 spiro atoms. The maximum atomic E-state index is 13.1. The van der Waals surface area contributed by atoms with Gasteiger partial charge in [-0.05, 0) is 25.3 Å². The SMILES string of the molecule is CCOC(=O)c1cn2c(c(OCc3ccccc3)c1=O)CN[C@@H]1CCCC[C@@H]12.